The molecule has 3 rings (SSSR count). The summed E-state index contributed by atoms with van der Waals surface area (Å²) in [6, 6.07) is 7.07. The van der Waals surface area contributed by atoms with E-state index in [2.05, 4.69) is 37.0 Å². The molecule has 2 atom stereocenters. The summed E-state index contributed by atoms with van der Waals surface area (Å²) in [6.07, 6.45) is 6.28. The molecule has 1 heterocycles. The zero-order chi connectivity index (χ0) is 13.4. The van der Waals surface area contributed by atoms with Crippen molar-refractivity contribution in [1.29, 1.82) is 0 Å². The summed E-state index contributed by atoms with van der Waals surface area (Å²) in [5, 5.41) is 1.40. The number of aromatic nitrogens is 1. The summed E-state index contributed by atoms with van der Waals surface area (Å²) >= 11 is 0. The van der Waals surface area contributed by atoms with E-state index in [0.717, 1.165) is 6.42 Å². The Morgan fingerprint density at radius 3 is 2.79 bits per heavy atom. The average Bonchev–Trinajstić information content (AvgIpc) is 2.69. The molecule has 1 fully saturated rings. The van der Waals surface area contributed by atoms with Crippen molar-refractivity contribution in [2.75, 3.05) is 0 Å². The standard InChI is InChI=1S/C17H24N2/c1-11-7-8-17-15(9-11)14(12(2)19-17)10-13-5-3-4-6-16(13)18/h7-9,13,16,19H,3-6,10,18H2,1-2H3. The van der Waals surface area contributed by atoms with Gasteiger partial charge in [0.2, 0.25) is 0 Å². The molecule has 0 spiro atoms. The molecule has 1 aromatic heterocycles. The van der Waals surface area contributed by atoms with Crippen LogP contribution in [0.15, 0.2) is 18.2 Å². The van der Waals surface area contributed by atoms with Crippen molar-refractivity contribution in [2.45, 2.75) is 52.0 Å². The molecule has 0 bridgehead atoms. The highest BCUT2D eigenvalue weighted by Gasteiger charge is 2.23. The van der Waals surface area contributed by atoms with E-state index in [4.69, 9.17) is 5.73 Å². The Bertz CT molecular complexity index is 582. The lowest BCUT2D eigenvalue weighted by Gasteiger charge is -2.28. The Balaban J connectivity index is 1.95. The molecule has 0 aliphatic heterocycles. The fourth-order valence-corrected chi connectivity index (χ4v) is 3.51. The molecule has 1 aliphatic rings. The van der Waals surface area contributed by atoms with Gasteiger partial charge < -0.3 is 10.7 Å². The van der Waals surface area contributed by atoms with Gasteiger partial charge in [0.25, 0.3) is 0 Å². The van der Waals surface area contributed by atoms with Gasteiger partial charge in [-0.05, 0) is 56.7 Å². The molecule has 19 heavy (non-hydrogen) atoms. The summed E-state index contributed by atoms with van der Waals surface area (Å²) in [6.45, 7) is 4.36. The van der Waals surface area contributed by atoms with E-state index in [-0.39, 0.29) is 0 Å². The molecule has 1 aromatic carbocycles. The Morgan fingerprint density at radius 2 is 2.00 bits per heavy atom. The normalized spacial score (nSPS) is 23.9. The number of nitrogens with two attached hydrogens (primary N) is 1. The second-order valence-corrected chi connectivity index (χ2v) is 6.19. The number of hydrogen-bond donors (Lipinski definition) is 2. The summed E-state index contributed by atoms with van der Waals surface area (Å²) in [5.74, 6) is 0.659. The van der Waals surface area contributed by atoms with Gasteiger partial charge in [-0.1, -0.05) is 24.5 Å². The van der Waals surface area contributed by atoms with E-state index in [1.807, 2.05) is 0 Å². The number of rotatable bonds is 2. The minimum atomic E-state index is 0.392. The van der Waals surface area contributed by atoms with Crippen LogP contribution in [-0.4, -0.2) is 11.0 Å². The van der Waals surface area contributed by atoms with Gasteiger partial charge in [-0.3, -0.25) is 0 Å². The van der Waals surface area contributed by atoms with Crippen molar-refractivity contribution in [2.24, 2.45) is 11.7 Å². The van der Waals surface area contributed by atoms with Crippen molar-refractivity contribution >= 4 is 10.9 Å². The molecule has 0 saturated heterocycles. The summed E-state index contributed by atoms with van der Waals surface area (Å²) in [4.78, 5) is 3.52. The first kappa shape index (κ1) is 12.7. The molecular formula is C17H24N2. The molecule has 1 aliphatic carbocycles. The molecule has 2 unspecified atom stereocenters. The Kier molecular flexibility index (Phi) is 3.36. The predicted molar refractivity (Wildman–Crippen MR) is 81.4 cm³/mol. The molecule has 2 heteroatoms. The SMILES string of the molecule is Cc1ccc2[nH]c(C)c(CC3CCCCC3N)c2c1. The number of hydrogen-bond acceptors (Lipinski definition) is 1. The van der Waals surface area contributed by atoms with Gasteiger partial charge >= 0.3 is 0 Å². The van der Waals surface area contributed by atoms with E-state index in [1.54, 1.807) is 0 Å². The lowest BCUT2D eigenvalue weighted by molar-refractivity contribution is 0.306. The van der Waals surface area contributed by atoms with Gasteiger partial charge in [-0.25, -0.2) is 0 Å². The van der Waals surface area contributed by atoms with E-state index >= 15 is 0 Å². The molecule has 102 valence electrons. The van der Waals surface area contributed by atoms with E-state index in [0.29, 0.717) is 12.0 Å². The van der Waals surface area contributed by atoms with Crippen LogP contribution in [0.1, 0.15) is 42.5 Å². The lowest BCUT2D eigenvalue weighted by atomic mass is 9.81. The summed E-state index contributed by atoms with van der Waals surface area (Å²) in [7, 11) is 0. The van der Waals surface area contributed by atoms with E-state index in [1.165, 1.54) is 53.4 Å². The van der Waals surface area contributed by atoms with Crippen molar-refractivity contribution in [1.82, 2.24) is 4.98 Å². The van der Waals surface area contributed by atoms with Crippen molar-refractivity contribution in [3.05, 3.63) is 35.0 Å². The van der Waals surface area contributed by atoms with Crippen molar-refractivity contribution in [3.63, 3.8) is 0 Å². The summed E-state index contributed by atoms with van der Waals surface area (Å²) in [5.41, 5.74) is 11.7. The minimum Gasteiger partial charge on any atom is -0.358 e. The zero-order valence-corrected chi connectivity index (χ0v) is 12.0. The number of benzene rings is 1. The third-order valence-corrected chi connectivity index (χ3v) is 4.71. The Hall–Kier alpha value is -1.28. The quantitative estimate of drug-likeness (QED) is 0.842. The van der Waals surface area contributed by atoms with Crippen LogP contribution in [0.3, 0.4) is 0 Å². The fourth-order valence-electron chi connectivity index (χ4n) is 3.51. The highest BCUT2D eigenvalue weighted by molar-refractivity contribution is 5.85. The monoisotopic (exact) mass is 256 g/mol. The number of fused-ring (bicyclic) bond motifs is 1. The van der Waals surface area contributed by atoms with Crippen molar-refractivity contribution < 1.29 is 0 Å². The van der Waals surface area contributed by atoms with Gasteiger partial charge in [0.05, 0.1) is 0 Å². The first-order valence-corrected chi connectivity index (χ1v) is 7.48. The molecule has 1 saturated carbocycles. The third kappa shape index (κ3) is 2.42. The maximum Gasteiger partial charge on any atom is 0.0459 e. The Morgan fingerprint density at radius 1 is 1.21 bits per heavy atom. The molecule has 2 nitrogen and oxygen atoms in total. The van der Waals surface area contributed by atoms with Gasteiger partial charge in [-0.15, -0.1) is 0 Å². The van der Waals surface area contributed by atoms with Gasteiger partial charge in [-0.2, -0.15) is 0 Å². The summed E-state index contributed by atoms with van der Waals surface area (Å²) < 4.78 is 0. The van der Waals surface area contributed by atoms with Crippen LogP contribution in [0.4, 0.5) is 0 Å². The van der Waals surface area contributed by atoms with Crippen LogP contribution in [-0.2, 0) is 6.42 Å². The van der Waals surface area contributed by atoms with Crippen LogP contribution in [0.2, 0.25) is 0 Å². The number of aromatic amines is 1. The highest BCUT2D eigenvalue weighted by atomic mass is 14.7. The maximum absolute atomic E-state index is 6.31. The molecular weight excluding hydrogens is 232 g/mol. The average molecular weight is 256 g/mol. The fraction of sp³-hybridized carbons (Fsp3) is 0.529. The second kappa shape index (κ2) is 5.01. The van der Waals surface area contributed by atoms with Crippen LogP contribution in [0.5, 0.6) is 0 Å². The lowest BCUT2D eigenvalue weighted by Crippen LogP contribution is -2.34. The highest BCUT2D eigenvalue weighted by Crippen LogP contribution is 2.31. The van der Waals surface area contributed by atoms with Crippen LogP contribution >= 0.6 is 0 Å². The smallest absolute Gasteiger partial charge is 0.0459 e. The number of aryl methyl sites for hydroxylation is 2. The van der Waals surface area contributed by atoms with E-state index in [9.17, 15) is 0 Å². The minimum absolute atomic E-state index is 0.392. The topological polar surface area (TPSA) is 41.8 Å². The first-order valence-electron chi connectivity index (χ1n) is 7.48. The predicted octanol–water partition coefficient (Wildman–Crippen LogP) is 3.84. The van der Waals surface area contributed by atoms with Crippen LogP contribution < -0.4 is 5.73 Å². The second-order valence-electron chi connectivity index (χ2n) is 6.19. The molecule has 2 aromatic rings. The number of H-pyrrole nitrogens is 1. The van der Waals surface area contributed by atoms with Gasteiger partial charge in [0.15, 0.2) is 0 Å². The molecule has 0 radical (unpaired) electrons. The van der Waals surface area contributed by atoms with Crippen LogP contribution in [0, 0.1) is 19.8 Å². The Labute approximate surface area is 115 Å². The van der Waals surface area contributed by atoms with Crippen molar-refractivity contribution in [3.8, 4) is 0 Å². The molecule has 0 amide bonds. The molecule has 3 N–H and O–H groups in total. The third-order valence-electron chi connectivity index (χ3n) is 4.71. The first-order chi connectivity index (χ1) is 9.15. The largest absolute Gasteiger partial charge is 0.358 e. The number of nitrogens with one attached hydrogen (secondary N) is 1. The van der Waals surface area contributed by atoms with Crippen LogP contribution in [0.25, 0.3) is 10.9 Å². The zero-order valence-electron chi connectivity index (χ0n) is 12.0. The van der Waals surface area contributed by atoms with Gasteiger partial charge in [0.1, 0.15) is 0 Å². The van der Waals surface area contributed by atoms with E-state index < -0.39 is 0 Å². The maximum atomic E-state index is 6.31. The van der Waals surface area contributed by atoms with Gasteiger partial charge in [0, 0.05) is 22.6 Å².